The Bertz CT molecular complexity index is 320. The van der Waals surface area contributed by atoms with Crippen molar-refractivity contribution in [2.45, 2.75) is 32.4 Å². The Kier molecular flexibility index (Phi) is 6.12. The second-order valence-corrected chi connectivity index (χ2v) is 4.73. The highest BCUT2D eigenvalue weighted by Crippen LogP contribution is 2.18. The topological polar surface area (TPSA) is 36.4 Å². The standard InChI is InChI=1S/C11H17N3S.HI/c1-2-12-11(14-9-5-6-9)13-8-10-4-3-7-15-10;/h3-4,7,9H,2,5-6,8H2,1H3,(H2,12,13,14);1H. The molecule has 2 rings (SSSR count). The summed E-state index contributed by atoms with van der Waals surface area (Å²) < 4.78 is 0. The molecule has 1 saturated carbocycles. The second kappa shape index (κ2) is 7.11. The average molecular weight is 351 g/mol. The van der Waals surface area contributed by atoms with Gasteiger partial charge in [0.15, 0.2) is 5.96 Å². The molecule has 1 heterocycles. The first-order valence-corrected chi connectivity index (χ1v) is 6.33. The van der Waals surface area contributed by atoms with E-state index in [-0.39, 0.29) is 24.0 Å². The van der Waals surface area contributed by atoms with Crippen LogP contribution in [0.4, 0.5) is 0 Å². The van der Waals surface area contributed by atoms with Gasteiger partial charge >= 0.3 is 0 Å². The molecule has 1 aliphatic carbocycles. The van der Waals surface area contributed by atoms with Gasteiger partial charge in [-0.2, -0.15) is 0 Å². The van der Waals surface area contributed by atoms with E-state index in [0.717, 1.165) is 19.0 Å². The molecule has 0 radical (unpaired) electrons. The number of hydrogen-bond donors (Lipinski definition) is 2. The molecule has 0 saturated heterocycles. The van der Waals surface area contributed by atoms with E-state index in [1.165, 1.54) is 17.7 Å². The molecule has 0 aliphatic heterocycles. The fourth-order valence-electron chi connectivity index (χ4n) is 1.30. The van der Waals surface area contributed by atoms with Crippen molar-refractivity contribution in [2.24, 2.45) is 4.99 Å². The molecule has 90 valence electrons. The third kappa shape index (κ3) is 4.69. The van der Waals surface area contributed by atoms with Crippen LogP contribution in [0, 0.1) is 0 Å². The minimum absolute atomic E-state index is 0. The van der Waals surface area contributed by atoms with E-state index in [0.29, 0.717) is 6.04 Å². The van der Waals surface area contributed by atoms with E-state index in [1.54, 1.807) is 11.3 Å². The highest BCUT2D eigenvalue weighted by molar-refractivity contribution is 14.0. The molecule has 2 N–H and O–H groups in total. The molecule has 0 unspecified atom stereocenters. The van der Waals surface area contributed by atoms with E-state index in [9.17, 15) is 0 Å². The molecule has 0 spiro atoms. The molecule has 1 fully saturated rings. The molecular formula is C11H18IN3S. The molecule has 5 heteroatoms. The van der Waals surface area contributed by atoms with Crippen molar-refractivity contribution in [3.8, 4) is 0 Å². The number of thiophene rings is 1. The molecule has 1 aromatic rings. The van der Waals surface area contributed by atoms with Crippen LogP contribution in [0.15, 0.2) is 22.5 Å². The number of halogens is 1. The number of nitrogens with one attached hydrogen (secondary N) is 2. The minimum atomic E-state index is 0. The van der Waals surface area contributed by atoms with Gasteiger partial charge < -0.3 is 10.6 Å². The van der Waals surface area contributed by atoms with Crippen molar-refractivity contribution >= 4 is 41.3 Å². The molecule has 0 bridgehead atoms. The number of hydrogen-bond acceptors (Lipinski definition) is 2. The van der Waals surface area contributed by atoms with E-state index in [1.807, 2.05) is 0 Å². The fourth-order valence-corrected chi connectivity index (χ4v) is 1.93. The van der Waals surface area contributed by atoms with Gasteiger partial charge in [0.1, 0.15) is 0 Å². The van der Waals surface area contributed by atoms with E-state index < -0.39 is 0 Å². The van der Waals surface area contributed by atoms with Crippen LogP contribution in [-0.4, -0.2) is 18.5 Å². The van der Waals surface area contributed by atoms with Crippen LogP contribution >= 0.6 is 35.3 Å². The van der Waals surface area contributed by atoms with Crippen molar-refractivity contribution in [1.29, 1.82) is 0 Å². The van der Waals surface area contributed by atoms with Crippen LogP contribution in [0.3, 0.4) is 0 Å². The monoisotopic (exact) mass is 351 g/mol. The smallest absolute Gasteiger partial charge is 0.191 e. The molecule has 0 atom stereocenters. The second-order valence-electron chi connectivity index (χ2n) is 3.69. The first-order chi connectivity index (χ1) is 7.38. The zero-order valence-corrected chi connectivity index (χ0v) is 12.5. The van der Waals surface area contributed by atoms with E-state index in [2.05, 4.69) is 40.1 Å². The molecule has 1 aromatic heterocycles. The van der Waals surface area contributed by atoms with Crippen LogP contribution in [0.5, 0.6) is 0 Å². The Hall–Kier alpha value is -0.300. The number of rotatable bonds is 4. The van der Waals surface area contributed by atoms with Gasteiger partial charge in [-0.25, -0.2) is 4.99 Å². The summed E-state index contributed by atoms with van der Waals surface area (Å²) in [5.41, 5.74) is 0. The van der Waals surface area contributed by atoms with Gasteiger partial charge in [0.25, 0.3) is 0 Å². The van der Waals surface area contributed by atoms with Gasteiger partial charge in [0, 0.05) is 17.5 Å². The predicted octanol–water partition coefficient (Wildman–Crippen LogP) is 2.58. The maximum Gasteiger partial charge on any atom is 0.191 e. The number of nitrogens with zero attached hydrogens (tertiary/aromatic N) is 1. The van der Waals surface area contributed by atoms with Crippen molar-refractivity contribution in [3.63, 3.8) is 0 Å². The summed E-state index contributed by atoms with van der Waals surface area (Å²) in [5.74, 6) is 0.952. The van der Waals surface area contributed by atoms with Crippen molar-refractivity contribution in [2.75, 3.05) is 6.54 Å². The van der Waals surface area contributed by atoms with Gasteiger partial charge in [-0.05, 0) is 31.2 Å². The number of aliphatic imine (C=N–C) groups is 1. The molecule has 0 aromatic carbocycles. The Labute approximate surface area is 118 Å². The Balaban J connectivity index is 0.00000128. The normalized spacial score (nSPS) is 15.4. The third-order valence-corrected chi connectivity index (χ3v) is 3.10. The summed E-state index contributed by atoms with van der Waals surface area (Å²) >= 11 is 1.75. The maximum atomic E-state index is 4.54. The van der Waals surface area contributed by atoms with Crippen LogP contribution in [-0.2, 0) is 6.54 Å². The molecule has 0 amide bonds. The first kappa shape index (κ1) is 13.8. The SMILES string of the molecule is CCNC(=NCc1cccs1)NC1CC1.I. The van der Waals surface area contributed by atoms with Gasteiger partial charge in [0.2, 0.25) is 0 Å². The lowest BCUT2D eigenvalue weighted by atomic mass is 10.5. The van der Waals surface area contributed by atoms with Gasteiger partial charge in [-0.1, -0.05) is 6.07 Å². The zero-order chi connectivity index (χ0) is 10.5. The quantitative estimate of drug-likeness (QED) is 0.497. The highest BCUT2D eigenvalue weighted by atomic mass is 127. The largest absolute Gasteiger partial charge is 0.357 e. The third-order valence-electron chi connectivity index (χ3n) is 2.24. The van der Waals surface area contributed by atoms with Crippen LogP contribution in [0.1, 0.15) is 24.6 Å². The summed E-state index contributed by atoms with van der Waals surface area (Å²) in [4.78, 5) is 5.85. The highest BCUT2D eigenvalue weighted by Gasteiger charge is 2.21. The lowest BCUT2D eigenvalue weighted by Crippen LogP contribution is -2.38. The van der Waals surface area contributed by atoms with Crippen LogP contribution in [0.2, 0.25) is 0 Å². The van der Waals surface area contributed by atoms with Crippen molar-refractivity contribution in [1.82, 2.24) is 10.6 Å². The molecule has 1 aliphatic rings. The van der Waals surface area contributed by atoms with E-state index in [4.69, 9.17) is 0 Å². The van der Waals surface area contributed by atoms with Gasteiger partial charge in [-0.15, -0.1) is 35.3 Å². The Morgan fingerprint density at radius 3 is 2.94 bits per heavy atom. The van der Waals surface area contributed by atoms with Crippen LogP contribution < -0.4 is 10.6 Å². The average Bonchev–Trinajstić information content (AvgIpc) is 2.90. The summed E-state index contributed by atoms with van der Waals surface area (Å²) in [6.45, 7) is 3.79. The number of guanidine groups is 1. The van der Waals surface area contributed by atoms with Gasteiger partial charge in [-0.3, -0.25) is 0 Å². The molecule has 16 heavy (non-hydrogen) atoms. The maximum absolute atomic E-state index is 4.54. The summed E-state index contributed by atoms with van der Waals surface area (Å²) in [6.07, 6.45) is 2.56. The first-order valence-electron chi connectivity index (χ1n) is 5.45. The van der Waals surface area contributed by atoms with Crippen molar-refractivity contribution in [3.05, 3.63) is 22.4 Å². The summed E-state index contributed by atoms with van der Waals surface area (Å²) in [7, 11) is 0. The Morgan fingerprint density at radius 1 is 1.56 bits per heavy atom. The predicted molar refractivity (Wildman–Crippen MR) is 80.7 cm³/mol. The summed E-state index contributed by atoms with van der Waals surface area (Å²) in [5, 5.41) is 8.75. The lowest BCUT2D eigenvalue weighted by Gasteiger charge is -2.09. The van der Waals surface area contributed by atoms with Crippen LogP contribution in [0.25, 0.3) is 0 Å². The fraction of sp³-hybridized carbons (Fsp3) is 0.545. The van der Waals surface area contributed by atoms with Gasteiger partial charge in [0.05, 0.1) is 6.54 Å². The Morgan fingerprint density at radius 2 is 2.38 bits per heavy atom. The molecule has 3 nitrogen and oxygen atoms in total. The van der Waals surface area contributed by atoms with E-state index >= 15 is 0 Å². The summed E-state index contributed by atoms with van der Waals surface area (Å²) in [6, 6.07) is 4.84. The zero-order valence-electron chi connectivity index (χ0n) is 9.40. The van der Waals surface area contributed by atoms with Crippen molar-refractivity contribution < 1.29 is 0 Å². The molecular weight excluding hydrogens is 333 g/mol. The lowest BCUT2D eigenvalue weighted by molar-refractivity contribution is 0.813. The minimum Gasteiger partial charge on any atom is -0.357 e.